The van der Waals surface area contributed by atoms with Crippen molar-refractivity contribution in [2.75, 3.05) is 6.61 Å². The normalized spacial score (nSPS) is 18.0. The van der Waals surface area contributed by atoms with Crippen LogP contribution in [-0.4, -0.2) is 33.1 Å². The van der Waals surface area contributed by atoms with Crippen LogP contribution in [0.3, 0.4) is 0 Å². The fraction of sp³-hybridized carbons (Fsp3) is 0.273. The summed E-state index contributed by atoms with van der Waals surface area (Å²) in [5, 5.41) is 0.858. The number of carbonyl (C=O) groups excluding carboxylic acids is 1. The Labute approximate surface area is 250 Å². The lowest BCUT2D eigenvalue weighted by molar-refractivity contribution is -0.107. The predicted molar refractivity (Wildman–Crippen MR) is 159 cm³/mol. The Balaban J connectivity index is 1.24. The Hall–Kier alpha value is -4.18. The second-order valence-corrected chi connectivity index (χ2v) is 12.5. The lowest BCUT2D eigenvalue weighted by Gasteiger charge is -2.36. The van der Waals surface area contributed by atoms with Crippen molar-refractivity contribution in [1.29, 1.82) is 0 Å². The van der Waals surface area contributed by atoms with Crippen LogP contribution in [0.1, 0.15) is 49.4 Å². The Morgan fingerprint density at radius 3 is 2.84 bits per heavy atom. The number of aromatic nitrogens is 3. The van der Waals surface area contributed by atoms with Crippen molar-refractivity contribution in [3.8, 4) is 28.6 Å². The molecule has 0 radical (unpaired) electrons. The maximum absolute atomic E-state index is 15.3. The predicted octanol–water partition coefficient (Wildman–Crippen LogP) is 8.24. The first-order valence-corrected chi connectivity index (χ1v) is 15.1. The summed E-state index contributed by atoms with van der Waals surface area (Å²) in [4.78, 5) is 22.1. The number of aromatic amines is 2. The van der Waals surface area contributed by atoms with Crippen molar-refractivity contribution in [2.24, 2.45) is 0 Å². The van der Waals surface area contributed by atoms with Gasteiger partial charge < -0.3 is 24.2 Å². The van der Waals surface area contributed by atoms with Crippen LogP contribution in [0, 0.1) is 17.5 Å². The summed E-state index contributed by atoms with van der Waals surface area (Å²) in [6.07, 6.45) is 7.79. The summed E-state index contributed by atoms with van der Waals surface area (Å²) in [6.45, 7) is 2.56. The van der Waals surface area contributed by atoms with E-state index in [2.05, 4.69) is 21.9 Å². The van der Waals surface area contributed by atoms with Crippen molar-refractivity contribution in [1.82, 2.24) is 15.0 Å². The molecule has 3 aromatic carbocycles. The topological polar surface area (TPSA) is 80.0 Å². The number of fused-ring (bicyclic) bond motifs is 2. The van der Waals surface area contributed by atoms with Gasteiger partial charge in [-0.05, 0) is 62.4 Å². The number of nitrogens with one attached hydrogen (secondary N) is 2. The minimum absolute atomic E-state index is 0.0925. The number of halogens is 3. The third-order valence-corrected chi connectivity index (χ3v) is 9.72. The van der Waals surface area contributed by atoms with Gasteiger partial charge in [0.1, 0.15) is 29.4 Å². The number of thioether (sulfide) groups is 1. The standard InChI is InChI=1S/C33H28F3N3O3S/c1-33(12-15-41-29-18(5-3-14-40)4-2-6-23(29)33)25-17-38-32(39-25)22-16-19(7-10-24(22)34)42-30-27(36)26(35)28-21(11-13-37-28)31(30)43-20-8-9-20/h2,4,6-7,10-11,13-14,16-17,20,37H,3,5,8-9,12,15H2,1H3,(H,38,39). The first-order chi connectivity index (χ1) is 20.9. The molecule has 1 aliphatic carbocycles. The summed E-state index contributed by atoms with van der Waals surface area (Å²) in [7, 11) is 0. The van der Waals surface area contributed by atoms with Crippen molar-refractivity contribution < 1.29 is 27.4 Å². The summed E-state index contributed by atoms with van der Waals surface area (Å²) >= 11 is 1.46. The Kier molecular flexibility index (Phi) is 6.96. The van der Waals surface area contributed by atoms with Gasteiger partial charge in [0.15, 0.2) is 11.6 Å². The van der Waals surface area contributed by atoms with Crippen molar-refractivity contribution in [3.05, 3.63) is 89.1 Å². The summed E-state index contributed by atoms with van der Waals surface area (Å²) in [6, 6.07) is 11.7. The van der Waals surface area contributed by atoms with E-state index in [1.54, 1.807) is 18.5 Å². The van der Waals surface area contributed by atoms with Gasteiger partial charge in [-0.2, -0.15) is 4.39 Å². The van der Waals surface area contributed by atoms with E-state index in [0.29, 0.717) is 41.4 Å². The molecular weight excluding hydrogens is 575 g/mol. The maximum Gasteiger partial charge on any atom is 0.204 e. The van der Waals surface area contributed by atoms with E-state index in [1.807, 2.05) is 18.2 Å². The number of aldehydes is 1. The van der Waals surface area contributed by atoms with E-state index in [9.17, 15) is 9.18 Å². The molecule has 1 saturated carbocycles. The third-order valence-electron chi connectivity index (χ3n) is 8.27. The van der Waals surface area contributed by atoms with Crippen LogP contribution in [-0.2, 0) is 16.6 Å². The number of ether oxygens (including phenoxy) is 2. The molecule has 3 heterocycles. The Morgan fingerprint density at radius 1 is 1.16 bits per heavy atom. The highest BCUT2D eigenvalue weighted by Crippen LogP contribution is 2.49. The number of para-hydroxylation sites is 1. The van der Waals surface area contributed by atoms with Gasteiger partial charge in [0, 0.05) is 46.1 Å². The molecule has 2 aliphatic rings. The molecule has 2 N–H and O–H groups in total. The van der Waals surface area contributed by atoms with Gasteiger partial charge in [0.05, 0.1) is 22.6 Å². The molecule has 0 spiro atoms. The van der Waals surface area contributed by atoms with Crippen LogP contribution in [0.15, 0.2) is 59.8 Å². The fourth-order valence-corrected chi connectivity index (χ4v) is 6.95. The van der Waals surface area contributed by atoms with E-state index in [0.717, 1.165) is 41.7 Å². The van der Waals surface area contributed by atoms with Gasteiger partial charge >= 0.3 is 0 Å². The largest absolute Gasteiger partial charge is 0.493 e. The number of hydrogen-bond donors (Lipinski definition) is 2. The first-order valence-electron chi connectivity index (χ1n) is 14.2. The SMILES string of the molecule is CC1(c2cnc(-c3cc(Oc4c(F)c(F)c5[nH]ccc5c4SC4CC4)ccc3F)[nH]2)CCOc2c(CCC=O)cccc21. The molecule has 10 heteroatoms. The average molecular weight is 604 g/mol. The van der Waals surface area contributed by atoms with E-state index < -0.39 is 22.9 Å². The van der Waals surface area contributed by atoms with Gasteiger partial charge in [-0.1, -0.05) is 18.2 Å². The van der Waals surface area contributed by atoms with Crippen LogP contribution in [0.25, 0.3) is 22.3 Å². The van der Waals surface area contributed by atoms with Crippen molar-refractivity contribution >= 4 is 29.0 Å². The second-order valence-electron chi connectivity index (χ2n) is 11.2. The monoisotopic (exact) mass is 603 g/mol. The van der Waals surface area contributed by atoms with Crippen LogP contribution in [0.5, 0.6) is 17.2 Å². The second kappa shape index (κ2) is 10.8. The average Bonchev–Trinajstić information content (AvgIpc) is 3.46. The lowest BCUT2D eigenvalue weighted by Crippen LogP contribution is -2.32. The molecule has 0 amide bonds. The zero-order chi connectivity index (χ0) is 29.7. The first kappa shape index (κ1) is 27.6. The molecule has 7 rings (SSSR count). The highest BCUT2D eigenvalue weighted by molar-refractivity contribution is 8.00. The number of rotatable bonds is 9. The number of carbonyl (C=O) groups is 1. The van der Waals surface area contributed by atoms with Gasteiger partial charge in [-0.25, -0.2) is 13.8 Å². The molecule has 1 atom stereocenters. The summed E-state index contributed by atoms with van der Waals surface area (Å²) in [5.41, 5.74) is 2.44. The number of nitrogens with zero attached hydrogens (tertiary/aromatic N) is 1. The van der Waals surface area contributed by atoms with Gasteiger partial charge in [-0.15, -0.1) is 11.8 Å². The van der Waals surface area contributed by atoms with Gasteiger partial charge in [0.2, 0.25) is 5.82 Å². The molecule has 43 heavy (non-hydrogen) atoms. The van der Waals surface area contributed by atoms with Gasteiger partial charge in [-0.3, -0.25) is 0 Å². The molecule has 6 nitrogen and oxygen atoms in total. The van der Waals surface area contributed by atoms with E-state index in [-0.39, 0.29) is 28.4 Å². The van der Waals surface area contributed by atoms with Gasteiger partial charge in [0.25, 0.3) is 0 Å². The molecule has 220 valence electrons. The molecular formula is C33H28F3N3O3S. The fourth-order valence-electron chi connectivity index (χ4n) is 5.71. The minimum Gasteiger partial charge on any atom is -0.493 e. The molecule has 1 aliphatic heterocycles. The molecule has 2 aromatic heterocycles. The molecule has 0 saturated heterocycles. The molecule has 5 aromatic rings. The Morgan fingerprint density at radius 2 is 2.02 bits per heavy atom. The van der Waals surface area contributed by atoms with Crippen LogP contribution in [0.4, 0.5) is 13.2 Å². The van der Waals surface area contributed by atoms with E-state index in [4.69, 9.17) is 9.47 Å². The van der Waals surface area contributed by atoms with Crippen LogP contribution in [0.2, 0.25) is 0 Å². The van der Waals surface area contributed by atoms with Crippen LogP contribution >= 0.6 is 11.8 Å². The van der Waals surface area contributed by atoms with Crippen molar-refractivity contribution in [2.45, 2.75) is 54.6 Å². The number of benzene rings is 3. The van der Waals surface area contributed by atoms with E-state index >= 15 is 8.78 Å². The lowest BCUT2D eigenvalue weighted by atomic mass is 9.74. The number of hydrogen-bond acceptors (Lipinski definition) is 5. The smallest absolute Gasteiger partial charge is 0.204 e. The highest BCUT2D eigenvalue weighted by Gasteiger charge is 2.38. The van der Waals surface area contributed by atoms with Crippen LogP contribution < -0.4 is 9.47 Å². The minimum atomic E-state index is -1.09. The molecule has 0 bridgehead atoms. The zero-order valence-electron chi connectivity index (χ0n) is 23.3. The summed E-state index contributed by atoms with van der Waals surface area (Å²) in [5.74, 6) is -1.66. The highest BCUT2D eigenvalue weighted by atomic mass is 32.2. The Bertz CT molecular complexity index is 1870. The molecule has 1 unspecified atom stereocenters. The third kappa shape index (κ3) is 4.87. The van der Waals surface area contributed by atoms with E-state index in [1.165, 1.54) is 30.0 Å². The van der Waals surface area contributed by atoms with Crippen molar-refractivity contribution in [3.63, 3.8) is 0 Å². The zero-order valence-corrected chi connectivity index (χ0v) is 24.1. The maximum atomic E-state index is 15.3. The number of H-pyrrole nitrogens is 2. The number of imidazole rings is 1. The summed E-state index contributed by atoms with van der Waals surface area (Å²) < 4.78 is 57.5. The number of aryl methyl sites for hydroxylation is 1. The quantitative estimate of drug-likeness (QED) is 0.166. The molecule has 1 fully saturated rings.